The molecule has 0 aromatic carbocycles. The predicted molar refractivity (Wildman–Crippen MR) is 63.4 cm³/mol. The monoisotopic (exact) mass is 239 g/mol. The largest absolute Gasteiger partial charge is 0.377 e. The number of methoxy groups -OCH3 is 2. The second-order valence-corrected chi connectivity index (χ2v) is 4.14. The van der Waals surface area contributed by atoms with Crippen molar-refractivity contribution < 1.29 is 9.47 Å². The first-order valence-corrected chi connectivity index (χ1v) is 5.52. The lowest BCUT2D eigenvalue weighted by atomic mass is 10.3. The van der Waals surface area contributed by atoms with Crippen LogP contribution in [0.4, 0.5) is 5.82 Å². The van der Waals surface area contributed by atoms with Crippen molar-refractivity contribution in [2.75, 3.05) is 32.2 Å². The van der Waals surface area contributed by atoms with Gasteiger partial charge >= 0.3 is 0 Å². The molecule has 94 valence electrons. The van der Waals surface area contributed by atoms with Crippen molar-refractivity contribution in [1.82, 2.24) is 9.97 Å². The van der Waals surface area contributed by atoms with Gasteiger partial charge in [-0.3, -0.25) is 4.79 Å². The summed E-state index contributed by atoms with van der Waals surface area (Å²) in [6.45, 7) is 3.14. The number of rotatable bonds is 3. The fraction of sp³-hybridized carbons (Fsp3) is 0.636. The van der Waals surface area contributed by atoms with E-state index in [4.69, 9.17) is 9.47 Å². The first kappa shape index (κ1) is 12.1. The Bertz CT molecular complexity index is 434. The van der Waals surface area contributed by atoms with Crippen LogP contribution in [0.1, 0.15) is 5.82 Å². The van der Waals surface area contributed by atoms with Crippen molar-refractivity contribution in [3.8, 4) is 0 Å². The molecule has 1 aliphatic heterocycles. The fourth-order valence-electron chi connectivity index (χ4n) is 2.11. The van der Waals surface area contributed by atoms with E-state index in [1.807, 2.05) is 4.90 Å². The van der Waals surface area contributed by atoms with Crippen molar-refractivity contribution >= 4 is 5.82 Å². The predicted octanol–water partition coefficient (Wildman–Crippen LogP) is -0.0717. The molecule has 0 saturated carbocycles. The van der Waals surface area contributed by atoms with Gasteiger partial charge in [0.15, 0.2) is 0 Å². The number of aromatic amines is 1. The molecule has 0 amide bonds. The Kier molecular flexibility index (Phi) is 3.44. The first-order chi connectivity index (χ1) is 8.13. The smallest absolute Gasteiger partial charge is 0.252 e. The van der Waals surface area contributed by atoms with E-state index >= 15 is 0 Å². The topological polar surface area (TPSA) is 67.5 Å². The molecule has 0 radical (unpaired) electrons. The Morgan fingerprint density at radius 3 is 2.41 bits per heavy atom. The first-order valence-electron chi connectivity index (χ1n) is 5.52. The van der Waals surface area contributed by atoms with E-state index in [0.717, 1.165) is 0 Å². The van der Waals surface area contributed by atoms with E-state index in [1.54, 1.807) is 21.1 Å². The van der Waals surface area contributed by atoms with Crippen molar-refractivity contribution in [3.63, 3.8) is 0 Å². The van der Waals surface area contributed by atoms with E-state index in [2.05, 4.69) is 9.97 Å². The molecule has 0 bridgehead atoms. The Morgan fingerprint density at radius 2 is 1.94 bits per heavy atom. The summed E-state index contributed by atoms with van der Waals surface area (Å²) in [5.41, 5.74) is -0.137. The minimum atomic E-state index is -0.137. The third-order valence-corrected chi connectivity index (χ3v) is 2.99. The average molecular weight is 239 g/mol. The van der Waals surface area contributed by atoms with Crippen LogP contribution in [0.2, 0.25) is 0 Å². The lowest BCUT2D eigenvalue weighted by molar-refractivity contribution is -0.00461. The number of H-pyrrole nitrogens is 1. The SMILES string of the molecule is COC1CN(c2cc(=O)[nH]c(C)n2)CC1OC. The van der Waals surface area contributed by atoms with E-state index in [1.165, 1.54) is 6.07 Å². The third-order valence-electron chi connectivity index (χ3n) is 2.99. The highest BCUT2D eigenvalue weighted by Gasteiger charge is 2.33. The number of nitrogens with one attached hydrogen (secondary N) is 1. The second-order valence-electron chi connectivity index (χ2n) is 4.14. The van der Waals surface area contributed by atoms with E-state index in [-0.39, 0.29) is 17.8 Å². The van der Waals surface area contributed by atoms with Crippen molar-refractivity contribution in [1.29, 1.82) is 0 Å². The van der Waals surface area contributed by atoms with Gasteiger partial charge in [0.1, 0.15) is 23.9 Å². The summed E-state index contributed by atoms with van der Waals surface area (Å²) >= 11 is 0. The minimum Gasteiger partial charge on any atom is -0.377 e. The summed E-state index contributed by atoms with van der Waals surface area (Å²) in [6.07, 6.45) is 0.0304. The Labute approximate surface area is 99.6 Å². The molecule has 17 heavy (non-hydrogen) atoms. The molecule has 1 saturated heterocycles. The average Bonchev–Trinajstić information content (AvgIpc) is 2.70. The van der Waals surface area contributed by atoms with Crippen LogP contribution in [-0.2, 0) is 9.47 Å². The highest BCUT2D eigenvalue weighted by atomic mass is 16.5. The Balaban J connectivity index is 2.21. The van der Waals surface area contributed by atoms with Crippen LogP contribution in [0, 0.1) is 6.92 Å². The molecule has 1 aromatic heterocycles. The van der Waals surface area contributed by atoms with Gasteiger partial charge in [0.25, 0.3) is 5.56 Å². The maximum Gasteiger partial charge on any atom is 0.252 e. The zero-order chi connectivity index (χ0) is 12.4. The van der Waals surface area contributed by atoms with Crippen molar-refractivity contribution in [2.45, 2.75) is 19.1 Å². The van der Waals surface area contributed by atoms with E-state index in [0.29, 0.717) is 24.7 Å². The summed E-state index contributed by atoms with van der Waals surface area (Å²) in [5.74, 6) is 1.29. The van der Waals surface area contributed by atoms with Gasteiger partial charge in [0.05, 0.1) is 0 Å². The zero-order valence-corrected chi connectivity index (χ0v) is 10.3. The highest BCUT2D eigenvalue weighted by molar-refractivity contribution is 5.39. The van der Waals surface area contributed by atoms with Crippen LogP contribution in [0.25, 0.3) is 0 Å². The zero-order valence-electron chi connectivity index (χ0n) is 10.3. The Hall–Kier alpha value is -1.40. The number of hydrogen-bond acceptors (Lipinski definition) is 5. The van der Waals surface area contributed by atoms with Gasteiger partial charge in [-0.05, 0) is 6.92 Å². The molecule has 2 heterocycles. The van der Waals surface area contributed by atoms with Gasteiger partial charge in [0, 0.05) is 33.4 Å². The second kappa shape index (κ2) is 4.85. The van der Waals surface area contributed by atoms with Crippen LogP contribution in [-0.4, -0.2) is 49.5 Å². The molecule has 1 N–H and O–H groups in total. The Morgan fingerprint density at radius 1 is 1.35 bits per heavy atom. The molecule has 6 nitrogen and oxygen atoms in total. The van der Waals surface area contributed by atoms with Crippen LogP contribution in [0.15, 0.2) is 10.9 Å². The van der Waals surface area contributed by atoms with Crippen LogP contribution < -0.4 is 10.5 Å². The number of aryl methyl sites for hydroxylation is 1. The molecule has 1 fully saturated rings. The van der Waals surface area contributed by atoms with E-state index < -0.39 is 0 Å². The molecule has 0 aliphatic carbocycles. The maximum absolute atomic E-state index is 11.4. The molecule has 6 heteroatoms. The molecule has 1 aromatic rings. The van der Waals surface area contributed by atoms with Crippen molar-refractivity contribution in [3.05, 3.63) is 22.2 Å². The van der Waals surface area contributed by atoms with Crippen molar-refractivity contribution in [2.24, 2.45) is 0 Å². The lowest BCUT2D eigenvalue weighted by Crippen LogP contribution is -2.27. The standard InChI is InChI=1S/C11H17N3O3/c1-7-12-10(4-11(15)13-7)14-5-8(16-2)9(6-14)17-3/h4,8-9H,5-6H2,1-3H3,(H,12,13,15). The molecular weight excluding hydrogens is 222 g/mol. The van der Waals surface area contributed by atoms with Crippen LogP contribution >= 0.6 is 0 Å². The summed E-state index contributed by atoms with van der Waals surface area (Å²) in [5, 5.41) is 0. The lowest BCUT2D eigenvalue weighted by Gasteiger charge is -2.16. The number of hydrogen-bond donors (Lipinski definition) is 1. The summed E-state index contributed by atoms with van der Waals surface area (Å²) in [7, 11) is 3.33. The summed E-state index contributed by atoms with van der Waals surface area (Å²) < 4.78 is 10.7. The molecule has 1 aliphatic rings. The quantitative estimate of drug-likeness (QED) is 0.799. The van der Waals surface area contributed by atoms with Crippen LogP contribution in [0.3, 0.4) is 0 Å². The maximum atomic E-state index is 11.4. The van der Waals surface area contributed by atoms with Gasteiger partial charge in [-0.2, -0.15) is 0 Å². The molecule has 0 spiro atoms. The molecular formula is C11H17N3O3. The van der Waals surface area contributed by atoms with Gasteiger partial charge in [-0.15, -0.1) is 0 Å². The molecule has 2 atom stereocenters. The summed E-state index contributed by atoms with van der Waals surface area (Å²) in [4.78, 5) is 20.3. The van der Waals surface area contributed by atoms with Gasteiger partial charge in [0.2, 0.25) is 0 Å². The molecule has 2 unspecified atom stereocenters. The van der Waals surface area contributed by atoms with E-state index in [9.17, 15) is 4.79 Å². The highest BCUT2D eigenvalue weighted by Crippen LogP contribution is 2.20. The fourth-order valence-corrected chi connectivity index (χ4v) is 2.11. The number of nitrogens with zero attached hydrogens (tertiary/aromatic N) is 2. The molecule has 2 rings (SSSR count). The van der Waals surface area contributed by atoms with Gasteiger partial charge in [-0.25, -0.2) is 4.98 Å². The number of ether oxygens (including phenoxy) is 2. The number of aromatic nitrogens is 2. The van der Waals surface area contributed by atoms with Gasteiger partial charge < -0.3 is 19.4 Å². The van der Waals surface area contributed by atoms with Crippen LogP contribution in [0.5, 0.6) is 0 Å². The third kappa shape index (κ3) is 2.48. The normalized spacial score (nSPS) is 24.3. The number of anilines is 1. The minimum absolute atomic E-state index is 0.0152. The van der Waals surface area contributed by atoms with Gasteiger partial charge in [-0.1, -0.05) is 0 Å². The summed E-state index contributed by atoms with van der Waals surface area (Å²) in [6, 6.07) is 1.50.